The Morgan fingerprint density at radius 2 is 2.22 bits per heavy atom. The van der Waals surface area contributed by atoms with Crippen LogP contribution in [0.25, 0.3) is 0 Å². The maximum Gasteiger partial charge on any atom is 0.217 e. The number of nitrogens with one attached hydrogen (secondary N) is 1. The van der Waals surface area contributed by atoms with Gasteiger partial charge in [-0.25, -0.2) is 0 Å². The Morgan fingerprint density at radius 3 is 2.83 bits per heavy atom. The van der Waals surface area contributed by atoms with Crippen LogP contribution in [0.4, 0.5) is 0 Å². The molecule has 1 atom stereocenters. The number of carbonyl (C=O) groups excluding carboxylic acids is 1. The highest BCUT2D eigenvalue weighted by molar-refractivity contribution is 5.73. The van der Waals surface area contributed by atoms with Crippen LogP contribution < -0.4 is 5.32 Å². The molecule has 0 aromatic heterocycles. The van der Waals surface area contributed by atoms with Crippen molar-refractivity contribution in [1.82, 2.24) is 5.32 Å². The van der Waals surface area contributed by atoms with Crippen LogP contribution in [-0.4, -0.2) is 11.9 Å². The molecule has 2 nitrogen and oxygen atoms in total. The standard InChI is InChI=1S/C16H23NO/c1-4-16(17-14(3)18)11-6-5-9-15-10-7-8-13(2)12-15/h6-8,10-12,16H,4-5,9H2,1-3H3,(H,17,18)/b11-6+. The number of benzene rings is 1. The number of amides is 1. The Hall–Kier alpha value is -1.57. The van der Waals surface area contributed by atoms with Crippen molar-refractivity contribution in [2.45, 2.75) is 46.1 Å². The topological polar surface area (TPSA) is 29.1 Å². The van der Waals surface area contributed by atoms with Crippen molar-refractivity contribution in [3.8, 4) is 0 Å². The van der Waals surface area contributed by atoms with Crippen molar-refractivity contribution in [2.24, 2.45) is 0 Å². The van der Waals surface area contributed by atoms with E-state index in [0.29, 0.717) is 0 Å². The molecule has 1 N–H and O–H groups in total. The first-order chi connectivity index (χ1) is 8.61. The van der Waals surface area contributed by atoms with E-state index in [1.165, 1.54) is 11.1 Å². The molecule has 0 radical (unpaired) electrons. The molecule has 1 aromatic rings. The SMILES string of the molecule is CCC(/C=C/CCc1cccc(C)c1)NC(C)=O. The van der Waals surface area contributed by atoms with E-state index in [0.717, 1.165) is 19.3 Å². The Morgan fingerprint density at radius 1 is 1.44 bits per heavy atom. The van der Waals surface area contributed by atoms with Gasteiger partial charge >= 0.3 is 0 Å². The van der Waals surface area contributed by atoms with Gasteiger partial charge in [-0.15, -0.1) is 0 Å². The first-order valence-electron chi connectivity index (χ1n) is 6.61. The van der Waals surface area contributed by atoms with Gasteiger partial charge in [0.15, 0.2) is 0 Å². The molecule has 0 bridgehead atoms. The van der Waals surface area contributed by atoms with Crippen LogP contribution in [0.2, 0.25) is 0 Å². The minimum atomic E-state index is 0.0326. The Balaban J connectivity index is 2.38. The predicted octanol–water partition coefficient (Wildman–Crippen LogP) is 3.40. The molecule has 0 aliphatic rings. The van der Waals surface area contributed by atoms with E-state index >= 15 is 0 Å². The normalized spacial score (nSPS) is 12.6. The first kappa shape index (κ1) is 14.5. The number of allylic oxidation sites excluding steroid dienone is 1. The molecule has 2 heteroatoms. The summed E-state index contributed by atoms with van der Waals surface area (Å²) in [6, 6.07) is 8.76. The third-order valence-electron chi connectivity index (χ3n) is 2.88. The van der Waals surface area contributed by atoms with Crippen molar-refractivity contribution in [1.29, 1.82) is 0 Å². The largest absolute Gasteiger partial charge is 0.350 e. The van der Waals surface area contributed by atoms with Gasteiger partial charge in [-0.05, 0) is 31.7 Å². The molecule has 0 spiro atoms. The number of carbonyl (C=O) groups is 1. The molecule has 1 unspecified atom stereocenters. The van der Waals surface area contributed by atoms with Gasteiger partial charge in [0.05, 0.1) is 0 Å². The fraction of sp³-hybridized carbons (Fsp3) is 0.438. The van der Waals surface area contributed by atoms with E-state index in [4.69, 9.17) is 0 Å². The molecular formula is C16H23NO. The van der Waals surface area contributed by atoms with Gasteiger partial charge < -0.3 is 5.32 Å². The van der Waals surface area contributed by atoms with Gasteiger partial charge in [-0.3, -0.25) is 4.79 Å². The Bertz CT molecular complexity index is 409. The highest BCUT2D eigenvalue weighted by Crippen LogP contribution is 2.07. The van der Waals surface area contributed by atoms with Crippen molar-refractivity contribution >= 4 is 5.91 Å². The molecule has 0 saturated carbocycles. The zero-order valence-electron chi connectivity index (χ0n) is 11.6. The van der Waals surface area contributed by atoms with Gasteiger partial charge in [0.1, 0.15) is 0 Å². The molecule has 0 aliphatic heterocycles. The quantitative estimate of drug-likeness (QED) is 0.765. The van der Waals surface area contributed by atoms with E-state index in [9.17, 15) is 4.79 Å². The zero-order valence-corrected chi connectivity index (χ0v) is 11.6. The van der Waals surface area contributed by atoms with Gasteiger partial charge in [-0.1, -0.05) is 48.9 Å². The van der Waals surface area contributed by atoms with Crippen molar-refractivity contribution in [2.75, 3.05) is 0 Å². The summed E-state index contributed by atoms with van der Waals surface area (Å²) in [6.45, 7) is 5.75. The summed E-state index contributed by atoms with van der Waals surface area (Å²) in [7, 11) is 0. The molecule has 0 fully saturated rings. The molecule has 1 aromatic carbocycles. The Labute approximate surface area is 110 Å². The molecular weight excluding hydrogens is 222 g/mol. The molecule has 1 rings (SSSR count). The summed E-state index contributed by atoms with van der Waals surface area (Å²) in [5.74, 6) is 0.0326. The minimum Gasteiger partial charge on any atom is -0.350 e. The summed E-state index contributed by atoms with van der Waals surface area (Å²) in [6.07, 6.45) is 7.25. The first-order valence-corrected chi connectivity index (χ1v) is 6.61. The van der Waals surface area contributed by atoms with E-state index in [-0.39, 0.29) is 11.9 Å². The highest BCUT2D eigenvalue weighted by atomic mass is 16.1. The van der Waals surface area contributed by atoms with Crippen LogP contribution >= 0.6 is 0 Å². The van der Waals surface area contributed by atoms with Crippen molar-refractivity contribution < 1.29 is 4.79 Å². The second kappa shape index (κ2) is 7.70. The summed E-state index contributed by atoms with van der Waals surface area (Å²) >= 11 is 0. The average Bonchev–Trinajstić information content (AvgIpc) is 2.32. The minimum absolute atomic E-state index is 0.0326. The summed E-state index contributed by atoms with van der Waals surface area (Å²) in [5.41, 5.74) is 2.67. The van der Waals surface area contributed by atoms with Crippen LogP contribution in [0.3, 0.4) is 0 Å². The number of aryl methyl sites for hydroxylation is 2. The van der Waals surface area contributed by atoms with Gasteiger partial charge in [-0.2, -0.15) is 0 Å². The van der Waals surface area contributed by atoms with Crippen LogP contribution in [0.5, 0.6) is 0 Å². The zero-order chi connectivity index (χ0) is 13.4. The average molecular weight is 245 g/mol. The summed E-state index contributed by atoms with van der Waals surface area (Å²) < 4.78 is 0. The molecule has 0 aliphatic carbocycles. The predicted molar refractivity (Wildman–Crippen MR) is 76.5 cm³/mol. The summed E-state index contributed by atoms with van der Waals surface area (Å²) in [5, 5.41) is 2.91. The number of hydrogen-bond donors (Lipinski definition) is 1. The lowest BCUT2D eigenvalue weighted by molar-refractivity contribution is -0.119. The highest BCUT2D eigenvalue weighted by Gasteiger charge is 2.01. The lowest BCUT2D eigenvalue weighted by Crippen LogP contribution is -2.30. The smallest absolute Gasteiger partial charge is 0.217 e. The van der Waals surface area contributed by atoms with Crippen LogP contribution in [0.1, 0.15) is 37.8 Å². The molecule has 1 amide bonds. The van der Waals surface area contributed by atoms with E-state index in [1.54, 1.807) is 6.92 Å². The summed E-state index contributed by atoms with van der Waals surface area (Å²) in [4.78, 5) is 11.0. The fourth-order valence-electron chi connectivity index (χ4n) is 1.93. The third kappa shape index (κ3) is 5.67. The molecule has 98 valence electrons. The second-order valence-corrected chi connectivity index (χ2v) is 4.67. The van der Waals surface area contributed by atoms with E-state index in [1.807, 2.05) is 0 Å². The molecule has 0 saturated heterocycles. The fourth-order valence-corrected chi connectivity index (χ4v) is 1.93. The monoisotopic (exact) mass is 245 g/mol. The maximum absolute atomic E-state index is 11.0. The lowest BCUT2D eigenvalue weighted by Gasteiger charge is -2.10. The van der Waals surface area contributed by atoms with E-state index in [2.05, 4.69) is 55.6 Å². The van der Waals surface area contributed by atoms with Gasteiger partial charge in [0.25, 0.3) is 0 Å². The lowest BCUT2D eigenvalue weighted by atomic mass is 10.1. The van der Waals surface area contributed by atoms with E-state index < -0.39 is 0 Å². The van der Waals surface area contributed by atoms with Crippen molar-refractivity contribution in [3.63, 3.8) is 0 Å². The maximum atomic E-state index is 11.0. The van der Waals surface area contributed by atoms with Crippen LogP contribution in [0.15, 0.2) is 36.4 Å². The number of hydrogen-bond acceptors (Lipinski definition) is 1. The molecule has 18 heavy (non-hydrogen) atoms. The van der Waals surface area contributed by atoms with Crippen LogP contribution in [0, 0.1) is 6.92 Å². The number of rotatable bonds is 6. The second-order valence-electron chi connectivity index (χ2n) is 4.67. The Kier molecular flexibility index (Phi) is 6.20. The molecule has 0 heterocycles. The van der Waals surface area contributed by atoms with Crippen LogP contribution in [-0.2, 0) is 11.2 Å². The third-order valence-corrected chi connectivity index (χ3v) is 2.88. The van der Waals surface area contributed by atoms with Gasteiger partial charge in [0, 0.05) is 13.0 Å². The van der Waals surface area contributed by atoms with Gasteiger partial charge in [0.2, 0.25) is 5.91 Å². The van der Waals surface area contributed by atoms with Crippen molar-refractivity contribution in [3.05, 3.63) is 47.5 Å².